The van der Waals surface area contributed by atoms with Crippen molar-refractivity contribution in [3.63, 3.8) is 0 Å². The SMILES string of the molecule is O=c1[nH]cc(-c2ccccc2)c2nc(Nc3c(F)cc(F)cc3Cl)c3ccc(Br)cc3c12. The van der Waals surface area contributed by atoms with Crippen LogP contribution in [-0.2, 0) is 0 Å². The zero-order chi connectivity index (χ0) is 22.4. The maximum atomic E-state index is 14.5. The summed E-state index contributed by atoms with van der Waals surface area (Å²) in [6.07, 6.45) is 1.60. The van der Waals surface area contributed by atoms with Gasteiger partial charge < -0.3 is 10.3 Å². The van der Waals surface area contributed by atoms with Crippen LogP contribution in [0.4, 0.5) is 20.3 Å². The highest BCUT2D eigenvalue weighted by atomic mass is 79.9. The van der Waals surface area contributed by atoms with Crippen molar-refractivity contribution in [2.24, 2.45) is 0 Å². The van der Waals surface area contributed by atoms with Crippen LogP contribution in [0.1, 0.15) is 0 Å². The van der Waals surface area contributed by atoms with Crippen molar-refractivity contribution >= 4 is 60.7 Å². The van der Waals surface area contributed by atoms with E-state index in [0.717, 1.165) is 22.2 Å². The fraction of sp³-hybridized carbons (Fsp3) is 0. The molecule has 3 aromatic carbocycles. The number of nitrogens with zero attached hydrogens (tertiary/aromatic N) is 1. The third kappa shape index (κ3) is 3.53. The molecule has 0 unspecified atom stereocenters. The number of hydrogen-bond donors (Lipinski definition) is 2. The van der Waals surface area contributed by atoms with Crippen molar-refractivity contribution in [2.45, 2.75) is 0 Å². The van der Waals surface area contributed by atoms with E-state index in [0.29, 0.717) is 27.2 Å². The summed E-state index contributed by atoms with van der Waals surface area (Å²) in [7, 11) is 0. The Balaban J connectivity index is 1.86. The molecule has 0 aliphatic carbocycles. The van der Waals surface area contributed by atoms with Crippen molar-refractivity contribution in [3.8, 4) is 11.1 Å². The Bertz CT molecular complexity index is 1550. The number of fused-ring (bicyclic) bond motifs is 3. The van der Waals surface area contributed by atoms with E-state index in [1.165, 1.54) is 0 Å². The lowest BCUT2D eigenvalue weighted by Gasteiger charge is -2.15. The quantitative estimate of drug-likeness (QED) is 0.252. The molecule has 0 saturated carbocycles. The lowest BCUT2D eigenvalue weighted by molar-refractivity contribution is 0.586. The number of anilines is 2. The van der Waals surface area contributed by atoms with Crippen molar-refractivity contribution in [1.29, 1.82) is 0 Å². The van der Waals surface area contributed by atoms with E-state index in [-0.39, 0.29) is 22.1 Å². The van der Waals surface area contributed by atoms with Crippen molar-refractivity contribution in [2.75, 3.05) is 5.32 Å². The minimum atomic E-state index is -0.851. The van der Waals surface area contributed by atoms with Gasteiger partial charge in [-0.25, -0.2) is 13.8 Å². The van der Waals surface area contributed by atoms with E-state index in [4.69, 9.17) is 16.6 Å². The summed E-state index contributed by atoms with van der Waals surface area (Å²) in [4.78, 5) is 20.3. The van der Waals surface area contributed by atoms with Gasteiger partial charge in [-0.05, 0) is 29.8 Å². The van der Waals surface area contributed by atoms with Gasteiger partial charge in [-0.3, -0.25) is 4.79 Å². The van der Waals surface area contributed by atoms with Crippen LogP contribution in [-0.4, -0.2) is 9.97 Å². The number of pyridine rings is 2. The minimum absolute atomic E-state index is 0.102. The first-order valence-corrected chi connectivity index (χ1v) is 10.7. The summed E-state index contributed by atoms with van der Waals surface area (Å²) in [5, 5.41) is 4.38. The average Bonchev–Trinajstić information content (AvgIpc) is 2.76. The highest BCUT2D eigenvalue weighted by Gasteiger charge is 2.18. The molecule has 2 N–H and O–H groups in total. The first kappa shape index (κ1) is 20.6. The van der Waals surface area contributed by atoms with Crippen LogP contribution in [0.3, 0.4) is 0 Å². The largest absolute Gasteiger partial charge is 0.336 e. The fourth-order valence-electron chi connectivity index (χ4n) is 3.70. The predicted octanol–water partition coefficient (Wildman–Crippen LogP) is 7.18. The normalized spacial score (nSPS) is 11.2. The first-order valence-electron chi connectivity index (χ1n) is 9.54. The van der Waals surface area contributed by atoms with Gasteiger partial charge in [-0.15, -0.1) is 0 Å². The molecule has 0 atom stereocenters. The average molecular weight is 513 g/mol. The Morgan fingerprint density at radius 1 is 1.00 bits per heavy atom. The van der Waals surface area contributed by atoms with Crippen molar-refractivity contribution in [3.05, 3.63) is 98.3 Å². The molecule has 0 fully saturated rings. The second-order valence-corrected chi connectivity index (χ2v) is 8.46. The van der Waals surface area contributed by atoms with Crippen molar-refractivity contribution in [1.82, 2.24) is 9.97 Å². The Labute approximate surface area is 194 Å². The monoisotopic (exact) mass is 511 g/mol. The Morgan fingerprint density at radius 3 is 2.53 bits per heavy atom. The molecular weight excluding hydrogens is 500 g/mol. The van der Waals surface area contributed by atoms with Gasteiger partial charge in [-0.2, -0.15) is 0 Å². The number of rotatable bonds is 3. The molecule has 0 aliphatic heterocycles. The number of hydrogen-bond acceptors (Lipinski definition) is 3. The Morgan fingerprint density at radius 2 is 1.78 bits per heavy atom. The molecule has 2 heterocycles. The van der Waals surface area contributed by atoms with Crippen LogP contribution in [0.5, 0.6) is 0 Å². The highest BCUT2D eigenvalue weighted by Crippen LogP contribution is 2.37. The van der Waals surface area contributed by atoms with E-state index in [9.17, 15) is 13.6 Å². The molecule has 2 aromatic heterocycles. The number of aromatic nitrogens is 2. The molecule has 4 nitrogen and oxygen atoms in total. The zero-order valence-corrected chi connectivity index (χ0v) is 18.6. The van der Waals surface area contributed by atoms with E-state index < -0.39 is 11.6 Å². The summed E-state index contributed by atoms with van der Waals surface area (Å²) >= 11 is 9.55. The molecule has 158 valence electrons. The van der Waals surface area contributed by atoms with E-state index >= 15 is 0 Å². The second kappa shape index (κ2) is 8.00. The van der Waals surface area contributed by atoms with Crippen LogP contribution in [0.25, 0.3) is 32.8 Å². The molecule has 0 spiro atoms. The van der Waals surface area contributed by atoms with Crippen LogP contribution in [0.15, 0.2) is 76.1 Å². The summed E-state index contributed by atoms with van der Waals surface area (Å²) in [5.41, 5.74) is 1.60. The first-order chi connectivity index (χ1) is 15.4. The van der Waals surface area contributed by atoms with Gasteiger partial charge >= 0.3 is 0 Å². The number of halogens is 4. The maximum absolute atomic E-state index is 14.5. The number of nitrogens with one attached hydrogen (secondary N) is 2. The van der Waals surface area contributed by atoms with Gasteiger partial charge in [0.15, 0.2) is 5.82 Å². The highest BCUT2D eigenvalue weighted by molar-refractivity contribution is 9.10. The van der Waals surface area contributed by atoms with Gasteiger partial charge in [0.25, 0.3) is 5.56 Å². The smallest absolute Gasteiger partial charge is 0.258 e. The third-order valence-corrected chi connectivity index (χ3v) is 5.92. The molecule has 0 radical (unpaired) electrons. The molecule has 0 amide bonds. The molecule has 0 aliphatic rings. The van der Waals surface area contributed by atoms with E-state index in [1.54, 1.807) is 24.4 Å². The summed E-state index contributed by atoms with van der Waals surface area (Å²) < 4.78 is 28.8. The second-order valence-electron chi connectivity index (χ2n) is 7.14. The third-order valence-electron chi connectivity index (χ3n) is 5.13. The van der Waals surface area contributed by atoms with Crippen molar-refractivity contribution < 1.29 is 8.78 Å². The van der Waals surface area contributed by atoms with Gasteiger partial charge in [0, 0.05) is 33.1 Å². The topological polar surface area (TPSA) is 57.8 Å². The van der Waals surface area contributed by atoms with Crippen LogP contribution >= 0.6 is 27.5 Å². The molecule has 8 heteroatoms. The van der Waals surface area contributed by atoms with Crippen LogP contribution in [0, 0.1) is 11.6 Å². The van der Waals surface area contributed by atoms with E-state index in [1.807, 2.05) is 30.3 Å². The Kier molecular flexibility index (Phi) is 5.15. The standard InChI is InChI=1S/C24H13BrClF2N3O/c25-13-6-7-15-16(8-13)20-21(17(11-29-24(20)32)12-4-2-1-3-5-12)30-23(15)31-22-18(26)9-14(27)10-19(22)28/h1-11H,(H,29,32)(H,30,31). The van der Waals surface area contributed by atoms with E-state index in [2.05, 4.69) is 26.2 Å². The van der Waals surface area contributed by atoms with Crippen LogP contribution < -0.4 is 10.9 Å². The Hall–Kier alpha value is -3.29. The molecule has 0 saturated heterocycles. The zero-order valence-electron chi connectivity index (χ0n) is 16.2. The van der Waals surface area contributed by atoms with Crippen LogP contribution in [0.2, 0.25) is 5.02 Å². The number of H-pyrrole nitrogens is 1. The number of aromatic amines is 1. The molecule has 0 bridgehead atoms. The summed E-state index contributed by atoms with van der Waals surface area (Å²) in [6.45, 7) is 0. The molecular formula is C24H13BrClF2N3O. The molecule has 32 heavy (non-hydrogen) atoms. The molecule has 5 aromatic rings. The lowest BCUT2D eigenvalue weighted by atomic mass is 10.0. The van der Waals surface area contributed by atoms with Gasteiger partial charge in [0.1, 0.15) is 11.6 Å². The predicted molar refractivity (Wildman–Crippen MR) is 128 cm³/mol. The van der Waals surface area contributed by atoms with Gasteiger partial charge in [0.2, 0.25) is 0 Å². The van der Waals surface area contributed by atoms with Gasteiger partial charge in [-0.1, -0.05) is 57.9 Å². The summed E-state index contributed by atoms with van der Waals surface area (Å²) in [6, 6.07) is 16.6. The lowest BCUT2D eigenvalue weighted by Crippen LogP contribution is -2.09. The number of benzene rings is 3. The molecule has 5 rings (SSSR count). The fourth-order valence-corrected chi connectivity index (χ4v) is 4.30. The summed E-state index contributed by atoms with van der Waals surface area (Å²) in [5.74, 6) is -1.34. The minimum Gasteiger partial charge on any atom is -0.336 e. The maximum Gasteiger partial charge on any atom is 0.258 e. The van der Waals surface area contributed by atoms with Gasteiger partial charge in [0.05, 0.1) is 21.6 Å².